The van der Waals surface area contributed by atoms with Gasteiger partial charge in [-0.1, -0.05) is 25.4 Å². The predicted octanol–water partition coefficient (Wildman–Crippen LogP) is 3.59. The third kappa shape index (κ3) is 2.57. The predicted molar refractivity (Wildman–Crippen MR) is 66.8 cm³/mol. The van der Waals surface area contributed by atoms with Crippen LogP contribution in [0.3, 0.4) is 0 Å². The average molecular weight is 225 g/mol. The number of fused-ring (bicyclic) bond motifs is 1. The van der Waals surface area contributed by atoms with Crippen molar-refractivity contribution in [2.24, 2.45) is 5.92 Å². The number of benzene rings is 1. The molecule has 2 N–H and O–H groups in total. The SMILES string of the molecule is CC(C)CC1CNc2ccc(Cl)cc2N1. The van der Waals surface area contributed by atoms with Gasteiger partial charge in [0.15, 0.2) is 0 Å². The van der Waals surface area contributed by atoms with Crippen molar-refractivity contribution in [1.82, 2.24) is 0 Å². The van der Waals surface area contributed by atoms with E-state index >= 15 is 0 Å². The van der Waals surface area contributed by atoms with Gasteiger partial charge in [0, 0.05) is 17.6 Å². The maximum absolute atomic E-state index is 5.96. The van der Waals surface area contributed by atoms with Crippen LogP contribution < -0.4 is 10.6 Å². The minimum atomic E-state index is 0.510. The summed E-state index contributed by atoms with van der Waals surface area (Å²) in [5.74, 6) is 0.713. The number of hydrogen-bond donors (Lipinski definition) is 2. The minimum Gasteiger partial charge on any atom is -0.381 e. The standard InChI is InChI=1S/C12H17ClN2/c1-8(2)5-10-7-14-11-4-3-9(13)6-12(11)15-10/h3-4,6,8,10,14-15H,5,7H2,1-2H3. The minimum absolute atomic E-state index is 0.510. The third-order valence-electron chi connectivity index (χ3n) is 2.64. The third-order valence-corrected chi connectivity index (χ3v) is 2.87. The monoisotopic (exact) mass is 224 g/mol. The molecule has 2 rings (SSSR count). The Labute approximate surface area is 96.0 Å². The Kier molecular flexibility index (Phi) is 3.06. The van der Waals surface area contributed by atoms with Crippen molar-refractivity contribution in [1.29, 1.82) is 0 Å². The Balaban J connectivity index is 2.11. The highest BCUT2D eigenvalue weighted by Gasteiger charge is 2.17. The zero-order chi connectivity index (χ0) is 10.8. The second-order valence-electron chi connectivity index (χ2n) is 4.54. The molecule has 0 fully saturated rings. The van der Waals surface area contributed by atoms with E-state index in [2.05, 4.69) is 24.5 Å². The molecule has 15 heavy (non-hydrogen) atoms. The van der Waals surface area contributed by atoms with E-state index in [1.54, 1.807) is 0 Å². The number of rotatable bonds is 2. The molecule has 1 unspecified atom stereocenters. The van der Waals surface area contributed by atoms with Gasteiger partial charge in [-0.3, -0.25) is 0 Å². The van der Waals surface area contributed by atoms with Crippen LogP contribution in [0.5, 0.6) is 0 Å². The number of nitrogens with one attached hydrogen (secondary N) is 2. The largest absolute Gasteiger partial charge is 0.381 e. The first-order chi connectivity index (χ1) is 7.15. The molecule has 0 aromatic heterocycles. The smallest absolute Gasteiger partial charge is 0.0593 e. The topological polar surface area (TPSA) is 24.1 Å². The molecule has 1 aromatic rings. The van der Waals surface area contributed by atoms with Gasteiger partial charge in [0.1, 0.15) is 0 Å². The highest BCUT2D eigenvalue weighted by atomic mass is 35.5. The van der Waals surface area contributed by atoms with Crippen molar-refractivity contribution in [3.8, 4) is 0 Å². The van der Waals surface area contributed by atoms with Crippen molar-refractivity contribution in [3.05, 3.63) is 23.2 Å². The summed E-state index contributed by atoms with van der Waals surface area (Å²) in [5.41, 5.74) is 2.28. The van der Waals surface area contributed by atoms with Gasteiger partial charge in [-0.15, -0.1) is 0 Å². The van der Waals surface area contributed by atoms with E-state index in [4.69, 9.17) is 11.6 Å². The molecule has 0 bridgehead atoms. The molecule has 3 heteroatoms. The van der Waals surface area contributed by atoms with E-state index in [9.17, 15) is 0 Å². The van der Waals surface area contributed by atoms with Crippen molar-refractivity contribution < 1.29 is 0 Å². The Morgan fingerprint density at radius 3 is 2.93 bits per heavy atom. The molecule has 0 radical (unpaired) electrons. The van der Waals surface area contributed by atoms with Gasteiger partial charge in [-0.2, -0.15) is 0 Å². The Bertz CT molecular complexity index is 349. The summed E-state index contributed by atoms with van der Waals surface area (Å²) in [6.45, 7) is 5.48. The first-order valence-corrected chi connectivity index (χ1v) is 5.83. The Hall–Kier alpha value is -0.890. The molecule has 2 nitrogen and oxygen atoms in total. The van der Waals surface area contributed by atoms with Crippen molar-refractivity contribution in [3.63, 3.8) is 0 Å². The summed E-state index contributed by atoms with van der Waals surface area (Å²) in [4.78, 5) is 0. The van der Waals surface area contributed by atoms with Crippen LogP contribution in [0.4, 0.5) is 11.4 Å². The molecule has 0 saturated heterocycles. The Morgan fingerprint density at radius 2 is 2.20 bits per heavy atom. The lowest BCUT2D eigenvalue weighted by atomic mass is 10.0. The molecule has 0 saturated carbocycles. The summed E-state index contributed by atoms with van der Waals surface area (Å²) in [6.07, 6.45) is 1.18. The molecule has 1 aromatic carbocycles. The zero-order valence-corrected chi connectivity index (χ0v) is 9.93. The second kappa shape index (κ2) is 4.31. The van der Waals surface area contributed by atoms with Gasteiger partial charge >= 0.3 is 0 Å². The normalized spacial score (nSPS) is 19.3. The van der Waals surface area contributed by atoms with Crippen LogP contribution in [0.2, 0.25) is 5.02 Å². The van der Waals surface area contributed by atoms with Crippen LogP contribution in [0.15, 0.2) is 18.2 Å². The molecule has 82 valence electrons. The fourth-order valence-corrected chi connectivity index (χ4v) is 2.18. The summed E-state index contributed by atoms with van der Waals surface area (Å²) in [6, 6.07) is 6.43. The fraction of sp³-hybridized carbons (Fsp3) is 0.500. The molecule has 0 aliphatic carbocycles. The van der Waals surface area contributed by atoms with Gasteiger partial charge < -0.3 is 10.6 Å². The van der Waals surface area contributed by atoms with Gasteiger partial charge in [0.2, 0.25) is 0 Å². The average Bonchev–Trinajstić information content (AvgIpc) is 2.16. The zero-order valence-electron chi connectivity index (χ0n) is 9.18. The van der Waals surface area contributed by atoms with E-state index in [0.717, 1.165) is 22.9 Å². The van der Waals surface area contributed by atoms with Gasteiger partial charge in [-0.05, 0) is 30.5 Å². The molecule has 1 atom stereocenters. The molecule has 1 aliphatic heterocycles. The molecule has 1 heterocycles. The molecule has 0 amide bonds. The fourth-order valence-electron chi connectivity index (χ4n) is 2.01. The highest BCUT2D eigenvalue weighted by Crippen LogP contribution is 2.30. The maximum Gasteiger partial charge on any atom is 0.0593 e. The first-order valence-electron chi connectivity index (χ1n) is 5.45. The van der Waals surface area contributed by atoms with Gasteiger partial charge in [-0.25, -0.2) is 0 Å². The summed E-state index contributed by atoms with van der Waals surface area (Å²) in [7, 11) is 0. The highest BCUT2D eigenvalue weighted by molar-refractivity contribution is 6.31. The summed E-state index contributed by atoms with van der Waals surface area (Å²) < 4.78 is 0. The van der Waals surface area contributed by atoms with E-state index in [1.165, 1.54) is 6.42 Å². The lowest BCUT2D eigenvalue weighted by Gasteiger charge is -2.29. The van der Waals surface area contributed by atoms with Crippen LogP contribution in [0.1, 0.15) is 20.3 Å². The molecule has 0 spiro atoms. The van der Waals surface area contributed by atoms with Crippen LogP contribution >= 0.6 is 11.6 Å². The lowest BCUT2D eigenvalue weighted by Crippen LogP contribution is -2.33. The van der Waals surface area contributed by atoms with E-state index < -0.39 is 0 Å². The number of hydrogen-bond acceptors (Lipinski definition) is 2. The van der Waals surface area contributed by atoms with E-state index in [1.807, 2.05) is 18.2 Å². The summed E-state index contributed by atoms with van der Waals surface area (Å²) >= 11 is 5.96. The van der Waals surface area contributed by atoms with Crippen LogP contribution in [0.25, 0.3) is 0 Å². The van der Waals surface area contributed by atoms with Crippen molar-refractivity contribution in [2.75, 3.05) is 17.2 Å². The van der Waals surface area contributed by atoms with Crippen LogP contribution in [-0.4, -0.2) is 12.6 Å². The van der Waals surface area contributed by atoms with Gasteiger partial charge in [0.05, 0.1) is 11.4 Å². The molecular weight excluding hydrogens is 208 g/mol. The van der Waals surface area contributed by atoms with Crippen LogP contribution in [0, 0.1) is 5.92 Å². The van der Waals surface area contributed by atoms with Crippen LogP contribution in [-0.2, 0) is 0 Å². The van der Waals surface area contributed by atoms with Crippen molar-refractivity contribution >= 4 is 23.0 Å². The quantitative estimate of drug-likeness (QED) is 0.802. The maximum atomic E-state index is 5.96. The first kappa shape index (κ1) is 10.6. The second-order valence-corrected chi connectivity index (χ2v) is 4.98. The Morgan fingerprint density at radius 1 is 1.40 bits per heavy atom. The number of anilines is 2. The van der Waals surface area contributed by atoms with E-state index in [-0.39, 0.29) is 0 Å². The number of halogens is 1. The van der Waals surface area contributed by atoms with Crippen molar-refractivity contribution in [2.45, 2.75) is 26.3 Å². The molecule has 1 aliphatic rings. The van der Waals surface area contributed by atoms with E-state index in [0.29, 0.717) is 12.0 Å². The molecular formula is C12H17ClN2. The van der Waals surface area contributed by atoms with Gasteiger partial charge in [0.25, 0.3) is 0 Å². The summed E-state index contributed by atoms with van der Waals surface area (Å²) in [5, 5.41) is 7.73. The lowest BCUT2D eigenvalue weighted by molar-refractivity contribution is 0.525.